The first-order valence-corrected chi connectivity index (χ1v) is 7.07. The highest BCUT2D eigenvalue weighted by molar-refractivity contribution is 6.33. The van der Waals surface area contributed by atoms with E-state index in [1.165, 1.54) is 4.68 Å². The molecule has 1 aliphatic heterocycles. The molecule has 1 saturated heterocycles. The lowest BCUT2D eigenvalue weighted by atomic mass is 10.0. The molecule has 1 aliphatic rings. The Morgan fingerprint density at radius 3 is 2.68 bits per heavy atom. The van der Waals surface area contributed by atoms with Gasteiger partial charge in [-0.15, -0.1) is 0 Å². The van der Waals surface area contributed by atoms with Crippen LogP contribution in [0.1, 0.15) is 33.2 Å². The molecule has 1 aromatic rings. The molecule has 5 nitrogen and oxygen atoms in total. The fourth-order valence-electron chi connectivity index (χ4n) is 2.46. The highest BCUT2D eigenvalue weighted by Gasteiger charge is 2.27. The summed E-state index contributed by atoms with van der Waals surface area (Å²) in [5, 5.41) is 4.46. The zero-order valence-corrected chi connectivity index (χ0v) is 12.4. The topological polar surface area (TPSA) is 64.2 Å². The Bertz CT molecular complexity index is 512. The van der Waals surface area contributed by atoms with Gasteiger partial charge < -0.3 is 10.6 Å². The summed E-state index contributed by atoms with van der Waals surface area (Å²) in [7, 11) is 0. The Labute approximate surface area is 118 Å². The average Bonchev–Trinajstić information content (AvgIpc) is 2.81. The molecule has 1 aromatic heterocycles. The third-order valence-electron chi connectivity index (χ3n) is 3.72. The maximum Gasteiger partial charge on any atom is 0.287 e. The number of hydrogen-bond donors (Lipinski definition) is 1. The molecule has 0 bridgehead atoms. The summed E-state index contributed by atoms with van der Waals surface area (Å²) < 4.78 is 1.41. The fraction of sp³-hybridized carbons (Fsp3) is 0.692. The Kier molecular flexibility index (Phi) is 4.16. The van der Waals surface area contributed by atoms with E-state index in [0.29, 0.717) is 5.92 Å². The first-order valence-electron chi connectivity index (χ1n) is 6.69. The van der Waals surface area contributed by atoms with Crippen molar-refractivity contribution in [2.24, 2.45) is 11.7 Å². The van der Waals surface area contributed by atoms with Gasteiger partial charge in [0.2, 0.25) is 0 Å². The van der Waals surface area contributed by atoms with Gasteiger partial charge in [-0.25, -0.2) is 4.68 Å². The summed E-state index contributed by atoms with van der Waals surface area (Å²) in [5.41, 5.74) is 6.43. The molecular weight excluding hydrogens is 264 g/mol. The van der Waals surface area contributed by atoms with Crippen LogP contribution in [-0.4, -0.2) is 28.9 Å². The van der Waals surface area contributed by atoms with Gasteiger partial charge in [0.25, 0.3) is 5.56 Å². The summed E-state index contributed by atoms with van der Waals surface area (Å²) >= 11 is 6.20. The number of hydrogen-bond acceptors (Lipinski definition) is 4. The molecular formula is C13H21ClN4O. The zero-order chi connectivity index (χ0) is 14.2. The minimum atomic E-state index is -0.224. The fourth-order valence-corrected chi connectivity index (χ4v) is 2.71. The van der Waals surface area contributed by atoms with E-state index >= 15 is 0 Å². The van der Waals surface area contributed by atoms with Crippen LogP contribution in [0.4, 0.5) is 5.69 Å². The van der Waals surface area contributed by atoms with Gasteiger partial charge in [-0.05, 0) is 33.1 Å². The number of nitrogens with zero attached hydrogens (tertiary/aromatic N) is 3. The molecule has 19 heavy (non-hydrogen) atoms. The first kappa shape index (κ1) is 14.3. The molecule has 2 unspecified atom stereocenters. The normalized spacial score (nSPS) is 21.2. The van der Waals surface area contributed by atoms with Crippen molar-refractivity contribution in [1.29, 1.82) is 0 Å². The third-order valence-corrected chi connectivity index (χ3v) is 4.08. The highest BCUT2D eigenvalue weighted by Crippen LogP contribution is 2.28. The van der Waals surface area contributed by atoms with E-state index in [4.69, 9.17) is 17.3 Å². The largest absolute Gasteiger partial charge is 0.369 e. The second-order valence-electron chi connectivity index (χ2n) is 5.54. The standard InChI is InChI=1S/C13H21ClN4O/c1-8(2)18-13(19)12(14)11(6-16-18)17-5-4-10(7-17)9(3)15/h6,8-10H,4-5,7,15H2,1-3H3. The van der Waals surface area contributed by atoms with Crippen molar-refractivity contribution < 1.29 is 0 Å². The molecule has 106 valence electrons. The summed E-state index contributed by atoms with van der Waals surface area (Å²) in [6.07, 6.45) is 2.72. The van der Waals surface area contributed by atoms with E-state index in [0.717, 1.165) is 25.2 Å². The Balaban J connectivity index is 2.28. The van der Waals surface area contributed by atoms with E-state index in [9.17, 15) is 4.79 Å². The van der Waals surface area contributed by atoms with Gasteiger partial charge in [-0.3, -0.25) is 4.79 Å². The van der Waals surface area contributed by atoms with Gasteiger partial charge in [0, 0.05) is 19.1 Å². The van der Waals surface area contributed by atoms with Crippen LogP contribution in [-0.2, 0) is 0 Å². The molecule has 0 aromatic carbocycles. The second-order valence-corrected chi connectivity index (χ2v) is 5.92. The van der Waals surface area contributed by atoms with Crippen LogP contribution in [0.2, 0.25) is 5.02 Å². The molecule has 0 radical (unpaired) electrons. The number of rotatable bonds is 3. The summed E-state index contributed by atoms with van der Waals surface area (Å²) in [5.74, 6) is 0.448. The van der Waals surface area contributed by atoms with Gasteiger partial charge >= 0.3 is 0 Å². The molecule has 0 spiro atoms. The maximum atomic E-state index is 12.1. The van der Waals surface area contributed by atoms with Gasteiger partial charge in [-0.2, -0.15) is 5.10 Å². The Hall–Kier alpha value is -1.07. The Morgan fingerprint density at radius 2 is 2.16 bits per heavy atom. The smallest absolute Gasteiger partial charge is 0.287 e. The van der Waals surface area contributed by atoms with Crippen LogP contribution < -0.4 is 16.2 Å². The van der Waals surface area contributed by atoms with Crippen molar-refractivity contribution in [2.45, 2.75) is 39.3 Å². The van der Waals surface area contributed by atoms with Crippen LogP contribution in [0.3, 0.4) is 0 Å². The number of anilines is 1. The van der Waals surface area contributed by atoms with E-state index < -0.39 is 0 Å². The predicted octanol–water partition coefficient (Wildman–Crippen LogP) is 1.65. The van der Waals surface area contributed by atoms with Crippen molar-refractivity contribution in [1.82, 2.24) is 9.78 Å². The second kappa shape index (κ2) is 5.51. The summed E-state index contributed by atoms with van der Waals surface area (Å²) in [4.78, 5) is 14.2. The van der Waals surface area contributed by atoms with Crippen molar-refractivity contribution in [2.75, 3.05) is 18.0 Å². The molecule has 2 rings (SSSR count). The first-order chi connectivity index (χ1) is 8.91. The van der Waals surface area contributed by atoms with Gasteiger partial charge in [0.15, 0.2) is 0 Å². The summed E-state index contributed by atoms with van der Waals surface area (Å²) in [6.45, 7) is 7.55. The van der Waals surface area contributed by atoms with E-state index in [1.54, 1.807) is 6.20 Å². The maximum absolute atomic E-state index is 12.1. The molecule has 0 saturated carbocycles. The molecule has 0 aliphatic carbocycles. The lowest BCUT2D eigenvalue weighted by Gasteiger charge is -2.21. The van der Waals surface area contributed by atoms with E-state index in [-0.39, 0.29) is 22.7 Å². The van der Waals surface area contributed by atoms with E-state index in [2.05, 4.69) is 10.00 Å². The van der Waals surface area contributed by atoms with Crippen LogP contribution in [0.25, 0.3) is 0 Å². The highest BCUT2D eigenvalue weighted by atomic mass is 35.5. The van der Waals surface area contributed by atoms with Crippen LogP contribution in [0.5, 0.6) is 0 Å². The molecule has 2 heterocycles. The lowest BCUT2D eigenvalue weighted by molar-refractivity contribution is 0.487. The van der Waals surface area contributed by atoms with Crippen LogP contribution in [0.15, 0.2) is 11.0 Å². The lowest BCUT2D eigenvalue weighted by Crippen LogP contribution is -2.32. The van der Waals surface area contributed by atoms with Crippen molar-refractivity contribution in [3.63, 3.8) is 0 Å². The molecule has 0 amide bonds. The molecule has 2 N–H and O–H groups in total. The predicted molar refractivity (Wildman–Crippen MR) is 77.9 cm³/mol. The number of halogens is 1. The number of aromatic nitrogens is 2. The SMILES string of the molecule is CC(N)C1CCN(c2cnn(C(C)C)c(=O)c2Cl)C1. The molecule has 1 fully saturated rings. The van der Waals surface area contributed by atoms with Crippen LogP contribution >= 0.6 is 11.6 Å². The monoisotopic (exact) mass is 284 g/mol. The Morgan fingerprint density at radius 1 is 1.47 bits per heavy atom. The van der Waals surface area contributed by atoms with Gasteiger partial charge in [0.1, 0.15) is 5.02 Å². The quantitative estimate of drug-likeness (QED) is 0.917. The van der Waals surface area contributed by atoms with Crippen molar-refractivity contribution in [3.8, 4) is 0 Å². The molecule has 6 heteroatoms. The third kappa shape index (κ3) is 2.77. The number of nitrogens with two attached hydrogens (primary N) is 1. The minimum Gasteiger partial charge on any atom is -0.369 e. The van der Waals surface area contributed by atoms with Crippen molar-refractivity contribution in [3.05, 3.63) is 21.6 Å². The van der Waals surface area contributed by atoms with Gasteiger partial charge in [-0.1, -0.05) is 11.6 Å². The van der Waals surface area contributed by atoms with Crippen LogP contribution in [0, 0.1) is 5.92 Å². The molecule has 2 atom stereocenters. The van der Waals surface area contributed by atoms with E-state index in [1.807, 2.05) is 20.8 Å². The zero-order valence-electron chi connectivity index (χ0n) is 11.6. The van der Waals surface area contributed by atoms with Crippen molar-refractivity contribution >= 4 is 17.3 Å². The van der Waals surface area contributed by atoms with Gasteiger partial charge in [0.05, 0.1) is 17.9 Å². The summed E-state index contributed by atoms with van der Waals surface area (Å²) in [6, 6.07) is 0.169. The minimum absolute atomic E-state index is 0.00874. The average molecular weight is 285 g/mol.